The lowest BCUT2D eigenvalue weighted by molar-refractivity contribution is 0.0159. The first kappa shape index (κ1) is 28.9. The highest BCUT2D eigenvalue weighted by atomic mass is 32.2. The second kappa shape index (κ2) is 12.1. The summed E-state index contributed by atoms with van der Waals surface area (Å²) < 4.78 is 40.9. The SMILES string of the molecule is COc1cccc(-c2ccc3c(c2)OCC2(CCN(C(=O)c4cncnc4)CC2)CN(C)CC(O)CNS3(=O)=O)c1. The molecule has 1 atom stereocenters. The van der Waals surface area contributed by atoms with Gasteiger partial charge in [-0.3, -0.25) is 4.79 Å². The van der Waals surface area contributed by atoms with Crippen LogP contribution in [0.5, 0.6) is 11.5 Å². The largest absolute Gasteiger partial charge is 0.497 e. The van der Waals surface area contributed by atoms with E-state index in [1.165, 1.54) is 24.8 Å². The highest BCUT2D eigenvalue weighted by molar-refractivity contribution is 7.89. The van der Waals surface area contributed by atoms with Crippen LogP contribution in [0.1, 0.15) is 23.2 Å². The molecule has 12 heteroatoms. The third kappa shape index (κ3) is 6.67. The molecule has 1 amide bonds. The third-order valence-electron chi connectivity index (χ3n) is 7.73. The van der Waals surface area contributed by atoms with E-state index in [2.05, 4.69) is 14.7 Å². The smallest absolute Gasteiger partial charge is 0.256 e. The topological polar surface area (TPSA) is 134 Å². The van der Waals surface area contributed by atoms with Crippen molar-refractivity contribution in [3.05, 3.63) is 66.7 Å². The Hall–Kier alpha value is -3.58. The number of nitrogens with one attached hydrogen (secondary N) is 1. The van der Waals surface area contributed by atoms with E-state index < -0.39 is 16.1 Å². The number of hydrogen-bond acceptors (Lipinski definition) is 9. The molecule has 0 bridgehead atoms. The minimum absolute atomic E-state index is 0.0112. The molecule has 3 heterocycles. The fourth-order valence-electron chi connectivity index (χ4n) is 5.53. The van der Waals surface area contributed by atoms with Gasteiger partial charge in [0.2, 0.25) is 10.0 Å². The molecular weight excluding hydrogens is 546 g/mol. The van der Waals surface area contributed by atoms with Crippen molar-refractivity contribution in [3.8, 4) is 22.6 Å². The van der Waals surface area contributed by atoms with Crippen LogP contribution in [0.25, 0.3) is 11.1 Å². The summed E-state index contributed by atoms with van der Waals surface area (Å²) >= 11 is 0. The molecule has 5 rings (SSSR count). The van der Waals surface area contributed by atoms with Crippen LogP contribution in [0.2, 0.25) is 0 Å². The van der Waals surface area contributed by atoms with Gasteiger partial charge in [-0.1, -0.05) is 18.2 Å². The number of fused-ring (bicyclic) bond motifs is 1. The van der Waals surface area contributed by atoms with E-state index in [4.69, 9.17) is 9.47 Å². The van der Waals surface area contributed by atoms with Crippen LogP contribution in [0.15, 0.2) is 66.1 Å². The fraction of sp³-hybridized carbons (Fsp3) is 0.414. The van der Waals surface area contributed by atoms with Crippen molar-refractivity contribution in [2.45, 2.75) is 23.8 Å². The zero-order valence-corrected chi connectivity index (χ0v) is 24.0. The molecule has 1 unspecified atom stereocenters. The first-order valence-corrected chi connectivity index (χ1v) is 15.0. The number of carbonyl (C=O) groups excluding carboxylic acids is 1. The summed E-state index contributed by atoms with van der Waals surface area (Å²) in [4.78, 5) is 24.8. The van der Waals surface area contributed by atoms with Crippen LogP contribution < -0.4 is 14.2 Å². The maximum atomic E-state index is 13.3. The van der Waals surface area contributed by atoms with Crippen molar-refractivity contribution < 1.29 is 27.8 Å². The van der Waals surface area contributed by atoms with Crippen molar-refractivity contribution in [1.82, 2.24) is 24.5 Å². The number of aliphatic hydroxyl groups is 1. The van der Waals surface area contributed by atoms with Gasteiger partial charge in [0.05, 0.1) is 25.4 Å². The lowest BCUT2D eigenvalue weighted by Crippen LogP contribution is -2.51. The Bertz CT molecular complexity index is 1480. The number of amides is 1. The molecule has 0 aliphatic carbocycles. The second-order valence-corrected chi connectivity index (χ2v) is 12.5. The molecule has 2 aromatic carbocycles. The molecule has 1 fully saturated rings. The molecule has 3 aromatic rings. The number of carbonyl (C=O) groups is 1. The van der Waals surface area contributed by atoms with Crippen LogP contribution in [0.4, 0.5) is 0 Å². The summed E-state index contributed by atoms with van der Waals surface area (Å²) in [6.45, 7) is 2.02. The first-order chi connectivity index (χ1) is 19.7. The lowest BCUT2D eigenvalue weighted by atomic mass is 9.78. The fourth-order valence-corrected chi connectivity index (χ4v) is 6.72. The maximum absolute atomic E-state index is 13.3. The van der Waals surface area contributed by atoms with Crippen LogP contribution in [-0.2, 0) is 10.0 Å². The van der Waals surface area contributed by atoms with E-state index in [1.54, 1.807) is 24.1 Å². The number of hydrogen-bond donors (Lipinski definition) is 2. The second-order valence-electron chi connectivity index (χ2n) is 10.8. The van der Waals surface area contributed by atoms with Crippen molar-refractivity contribution in [2.24, 2.45) is 5.41 Å². The number of likely N-dealkylation sites (tertiary alicyclic amines) is 1. The number of benzene rings is 2. The number of methoxy groups -OCH3 is 1. The van der Waals surface area contributed by atoms with Gasteiger partial charge in [-0.15, -0.1) is 0 Å². The molecule has 218 valence electrons. The molecule has 1 aromatic heterocycles. The van der Waals surface area contributed by atoms with E-state index >= 15 is 0 Å². The Morgan fingerprint density at radius 1 is 1.12 bits per heavy atom. The van der Waals surface area contributed by atoms with Gasteiger partial charge in [-0.05, 0) is 55.3 Å². The zero-order chi connectivity index (χ0) is 29.0. The third-order valence-corrected chi connectivity index (χ3v) is 9.19. The molecule has 0 saturated carbocycles. The zero-order valence-electron chi connectivity index (χ0n) is 23.2. The minimum atomic E-state index is -3.97. The molecule has 1 spiro atoms. The Morgan fingerprint density at radius 3 is 2.59 bits per heavy atom. The summed E-state index contributed by atoms with van der Waals surface area (Å²) in [7, 11) is -0.472. The highest BCUT2D eigenvalue weighted by Gasteiger charge is 2.39. The Labute approximate surface area is 240 Å². The van der Waals surface area contributed by atoms with Crippen molar-refractivity contribution in [1.29, 1.82) is 0 Å². The average molecular weight is 582 g/mol. The molecule has 2 N–H and O–H groups in total. The van der Waals surface area contributed by atoms with Crippen LogP contribution in [0, 0.1) is 5.41 Å². The first-order valence-electron chi connectivity index (χ1n) is 13.5. The number of ether oxygens (including phenoxy) is 2. The van der Waals surface area contributed by atoms with E-state index in [-0.39, 0.29) is 41.7 Å². The molecule has 41 heavy (non-hydrogen) atoms. The summed E-state index contributed by atoms with van der Waals surface area (Å²) in [5.41, 5.74) is 1.70. The number of β-amino-alcohol motifs (C(OH)–C–C–N with tert-alkyl or cyclic N) is 1. The molecule has 2 aliphatic heterocycles. The standard InChI is InChI=1S/C29H35N5O6S/c1-33-17-24(35)16-32-41(37,38)27-7-6-22(21-4-3-5-25(12-21)39-2)13-26(27)40-19-29(18-33)8-10-34(11-9-29)28(36)23-14-30-20-31-15-23/h3-7,12-15,20,24,32,35H,8-11,16-19H2,1-2H3. The van der Waals surface area contributed by atoms with Crippen LogP contribution >= 0.6 is 0 Å². The lowest BCUT2D eigenvalue weighted by Gasteiger charge is -2.44. The summed E-state index contributed by atoms with van der Waals surface area (Å²) in [6, 6.07) is 12.5. The summed E-state index contributed by atoms with van der Waals surface area (Å²) in [5.74, 6) is 0.795. The number of sulfonamides is 1. The number of piperidine rings is 1. The summed E-state index contributed by atoms with van der Waals surface area (Å²) in [5, 5.41) is 10.6. The molecular formula is C29H35N5O6S. The minimum Gasteiger partial charge on any atom is -0.497 e. The van der Waals surface area contributed by atoms with Gasteiger partial charge < -0.3 is 24.4 Å². The number of likely N-dealkylation sites (N-methyl/N-ethyl adjacent to an activating group) is 1. The Balaban J connectivity index is 1.45. The van der Waals surface area contributed by atoms with Crippen molar-refractivity contribution in [2.75, 3.05) is 53.5 Å². The average Bonchev–Trinajstić information content (AvgIpc) is 2.99. The van der Waals surface area contributed by atoms with Crippen LogP contribution in [0.3, 0.4) is 0 Å². The van der Waals surface area contributed by atoms with Gasteiger partial charge >= 0.3 is 0 Å². The molecule has 2 aliphatic rings. The van der Waals surface area contributed by atoms with E-state index in [9.17, 15) is 18.3 Å². The Morgan fingerprint density at radius 2 is 1.85 bits per heavy atom. The number of aromatic nitrogens is 2. The molecule has 1 saturated heterocycles. The number of nitrogens with zero attached hydrogens (tertiary/aromatic N) is 4. The maximum Gasteiger partial charge on any atom is 0.256 e. The van der Waals surface area contributed by atoms with Crippen LogP contribution in [-0.4, -0.2) is 98.8 Å². The monoisotopic (exact) mass is 581 g/mol. The predicted octanol–water partition coefficient (Wildman–Crippen LogP) is 2.04. The van der Waals surface area contributed by atoms with Gasteiger partial charge in [0.25, 0.3) is 5.91 Å². The summed E-state index contributed by atoms with van der Waals surface area (Å²) in [6.07, 6.45) is 4.80. The quantitative estimate of drug-likeness (QED) is 0.477. The number of aliphatic hydroxyl groups excluding tert-OH is 1. The molecule has 0 radical (unpaired) electrons. The van der Waals surface area contributed by atoms with Gasteiger partial charge in [0.1, 0.15) is 22.7 Å². The number of rotatable bonds is 3. The van der Waals surface area contributed by atoms with E-state index in [0.29, 0.717) is 43.8 Å². The molecule has 11 nitrogen and oxygen atoms in total. The normalized spacial score (nSPS) is 21.1. The van der Waals surface area contributed by atoms with Crippen molar-refractivity contribution in [3.63, 3.8) is 0 Å². The van der Waals surface area contributed by atoms with E-state index in [1.807, 2.05) is 36.2 Å². The van der Waals surface area contributed by atoms with Gasteiger partial charge in [-0.2, -0.15) is 0 Å². The van der Waals surface area contributed by atoms with Gasteiger partial charge in [0, 0.05) is 50.5 Å². The highest BCUT2D eigenvalue weighted by Crippen LogP contribution is 2.37. The predicted molar refractivity (Wildman–Crippen MR) is 152 cm³/mol. The van der Waals surface area contributed by atoms with Gasteiger partial charge in [-0.25, -0.2) is 23.1 Å². The van der Waals surface area contributed by atoms with Crippen molar-refractivity contribution >= 4 is 15.9 Å². The Kier molecular flexibility index (Phi) is 8.55. The van der Waals surface area contributed by atoms with E-state index in [0.717, 1.165) is 11.1 Å². The van der Waals surface area contributed by atoms with Gasteiger partial charge in [0.15, 0.2) is 0 Å².